The molecule has 0 aliphatic carbocycles. The molecule has 0 saturated carbocycles. The van der Waals surface area contributed by atoms with E-state index < -0.39 is 15.8 Å². The lowest BCUT2D eigenvalue weighted by atomic mass is 10.1. The summed E-state index contributed by atoms with van der Waals surface area (Å²) < 4.78 is 48.1. The average Bonchev–Trinajstić information content (AvgIpc) is 2.76. The van der Waals surface area contributed by atoms with Gasteiger partial charge in [-0.25, -0.2) is 32.7 Å². The second-order valence-corrected chi connectivity index (χ2v) is 10.2. The van der Waals surface area contributed by atoms with Gasteiger partial charge in [0.25, 0.3) is 0 Å². The molecule has 186 valence electrons. The fourth-order valence-corrected chi connectivity index (χ4v) is 3.99. The van der Waals surface area contributed by atoms with E-state index in [2.05, 4.69) is 15.3 Å². The molecule has 1 fully saturated rings. The van der Waals surface area contributed by atoms with Crippen molar-refractivity contribution in [2.45, 2.75) is 52.2 Å². The van der Waals surface area contributed by atoms with Crippen LogP contribution in [0.1, 0.15) is 37.8 Å². The van der Waals surface area contributed by atoms with E-state index in [9.17, 15) is 17.6 Å². The van der Waals surface area contributed by atoms with Crippen LogP contribution in [0, 0.1) is 12.7 Å². The van der Waals surface area contributed by atoms with E-state index >= 15 is 0 Å². The van der Waals surface area contributed by atoms with E-state index in [4.69, 9.17) is 14.6 Å². The van der Waals surface area contributed by atoms with Gasteiger partial charge in [0.15, 0.2) is 0 Å². The number of aromatic nitrogens is 2. The number of primary sulfonamides is 1. The maximum absolute atomic E-state index is 14.6. The Balaban J connectivity index is 1.62. The number of hydrogen-bond acceptors (Lipinski definition) is 8. The Labute approximate surface area is 198 Å². The summed E-state index contributed by atoms with van der Waals surface area (Å²) in [6.45, 7) is 6.44. The van der Waals surface area contributed by atoms with Crippen molar-refractivity contribution >= 4 is 27.6 Å². The Morgan fingerprint density at radius 1 is 1.29 bits per heavy atom. The van der Waals surface area contributed by atoms with Gasteiger partial charge in [-0.2, -0.15) is 0 Å². The van der Waals surface area contributed by atoms with Crippen molar-refractivity contribution in [2.75, 3.05) is 24.2 Å². The molecule has 1 saturated heterocycles. The maximum Gasteiger partial charge on any atom is 0.410 e. The molecule has 1 aromatic heterocycles. The number of carbonyl (C=O) groups excluding carboxylic acids is 1. The number of likely N-dealkylation sites (tertiary alicyclic amines) is 1. The van der Waals surface area contributed by atoms with Crippen molar-refractivity contribution < 1.29 is 27.1 Å². The number of carbonyl (C=O) groups is 1. The summed E-state index contributed by atoms with van der Waals surface area (Å²) in [4.78, 5) is 22.1. The Bertz CT molecular complexity index is 1120. The molecule has 0 bridgehead atoms. The monoisotopic (exact) mass is 495 g/mol. The third-order valence-corrected chi connectivity index (χ3v) is 6.09. The van der Waals surface area contributed by atoms with Crippen LogP contribution in [0.5, 0.6) is 5.88 Å². The second-order valence-electron chi connectivity index (χ2n) is 8.45. The third-order valence-electron chi connectivity index (χ3n) is 5.31. The molecule has 0 radical (unpaired) electrons. The highest BCUT2D eigenvalue weighted by Gasteiger charge is 2.26. The first-order valence-corrected chi connectivity index (χ1v) is 12.7. The summed E-state index contributed by atoms with van der Waals surface area (Å²) in [6.07, 6.45) is 2.10. The van der Waals surface area contributed by atoms with Gasteiger partial charge in [-0.15, -0.1) is 0 Å². The Morgan fingerprint density at radius 3 is 2.62 bits per heavy atom. The van der Waals surface area contributed by atoms with Crippen molar-refractivity contribution in [2.24, 2.45) is 5.14 Å². The molecule has 12 heteroatoms. The molecule has 0 atom stereocenters. The normalized spacial score (nSPS) is 14.8. The summed E-state index contributed by atoms with van der Waals surface area (Å²) in [7, 11) is -3.62. The van der Waals surface area contributed by atoms with Gasteiger partial charge in [-0.3, -0.25) is 0 Å². The highest BCUT2D eigenvalue weighted by Crippen LogP contribution is 2.28. The summed E-state index contributed by atoms with van der Waals surface area (Å²) in [6, 6.07) is 4.41. The summed E-state index contributed by atoms with van der Waals surface area (Å²) in [5.41, 5.74) is 1.31. The molecular weight excluding hydrogens is 465 g/mol. The minimum atomic E-state index is -3.62. The van der Waals surface area contributed by atoms with E-state index in [0.717, 1.165) is 0 Å². The number of amides is 1. The van der Waals surface area contributed by atoms with Crippen molar-refractivity contribution in [1.82, 2.24) is 14.9 Å². The molecule has 2 heterocycles. The fourth-order valence-electron chi connectivity index (χ4n) is 3.47. The maximum atomic E-state index is 14.6. The lowest BCUT2D eigenvalue weighted by molar-refractivity contribution is 0.0505. The molecule has 2 aromatic rings. The number of piperidine rings is 1. The van der Waals surface area contributed by atoms with Crippen LogP contribution in [0.2, 0.25) is 0 Å². The van der Waals surface area contributed by atoms with Gasteiger partial charge in [0.1, 0.15) is 24.1 Å². The molecule has 1 aliphatic heterocycles. The SMILES string of the molecule is Cc1c(Nc2ccc(CCS(N)(=O)=O)cc2F)ncnc1OC1CCN(C(=O)OC(C)C)CC1. The number of nitrogens with two attached hydrogens (primary N) is 1. The number of aryl methyl sites for hydroxylation is 1. The van der Waals surface area contributed by atoms with Gasteiger partial charge in [0.2, 0.25) is 15.9 Å². The van der Waals surface area contributed by atoms with E-state index in [1.54, 1.807) is 17.9 Å². The molecule has 10 nitrogen and oxygen atoms in total. The largest absolute Gasteiger partial charge is 0.474 e. The summed E-state index contributed by atoms with van der Waals surface area (Å²) >= 11 is 0. The number of rotatable bonds is 8. The zero-order chi connectivity index (χ0) is 24.9. The van der Waals surface area contributed by atoms with Crippen LogP contribution in [0.15, 0.2) is 24.5 Å². The number of anilines is 2. The molecule has 3 N–H and O–H groups in total. The van der Waals surface area contributed by atoms with Crippen LogP contribution in [0.3, 0.4) is 0 Å². The van der Waals surface area contributed by atoms with Crippen LogP contribution in [-0.4, -0.2) is 60.4 Å². The van der Waals surface area contributed by atoms with E-state index in [-0.39, 0.29) is 36.2 Å². The molecule has 0 unspecified atom stereocenters. The van der Waals surface area contributed by atoms with Crippen LogP contribution in [0.25, 0.3) is 0 Å². The van der Waals surface area contributed by atoms with Gasteiger partial charge in [-0.1, -0.05) is 6.07 Å². The van der Waals surface area contributed by atoms with Gasteiger partial charge in [-0.05, 0) is 44.9 Å². The van der Waals surface area contributed by atoms with Gasteiger partial charge in [0, 0.05) is 25.9 Å². The Kier molecular flexibility index (Phi) is 8.26. The number of sulfonamides is 1. The average molecular weight is 496 g/mol. The van der Waals surface area contributed by atoms with Gasteiger partial charge in [0.05, 0.1) is 23.1 Å². The predicted molar refractivity (Wildman–Crippen MR) is 125 cm³/mol. The number of nitrogens with zero attached hydrogens (tertiary/aromatic N) is 3. The van der Waals surface area contributed by atoms with Gasteiger partial charge >= 0.3 is 6.09 Å². The first-order valence-electron chi connectivity index (χ1n) is 11.0. The lowest BCUT2D eigenvalue weighted by Gasteiger charge is -2.32. The molecule has 3 rings (SSSR count). The fraction of sp³-hybridized carbons (Fsp3) is 0.500. The minimum absolute atomic E-state index is 0.120. The topological polar surface area (TPSA) is 137 Å². The van der Waals surface area contributed by atoms with Gasteiger partial charge < -0.3 is 19.7 Å². The van der Waals surface area contributed by atoms with Crippen LogP contribution in [0.4, 0.5) is 20.7 Å². The molecule has 1 aliphatic rings. The number of hydrogen-bond donors (Lipinski definition) is 2. The quantitative estimate of drug-likeness (QED) is 0.570. The molecular formula is C22H30FN5O5S. The number of halogens is 1. The first kappa shape index (κ1) is 25.6. The zero-order valence-corrected chi connectivity index (χ0v) is 20.3. The first-order chi connectivity index (χ1) is 16.0. The second kappa shape index (κ2) is 11.0. The van der Waals surface area contributed by atoms with Crippen molar-refractivity contribution in [3.05, 3.63) is 41.5 Å². The smallest absolute Gasteiger partial charge is 0.410 e. The molecule has 34 heavy (non-hydrogen) atoms. The standard InChI is InChI=1S/C22H30FN5O5S/c1-14(2)32-22(29)28-9-6-17(7-10-28)33-21-15(3)20(25-13-26-21)27-19-5-4-16(12-18(19)23)8-11-34(24,30)31/h4-5,12-14,17H,6-11H2,1-3H3,(H2,24,30,31)(H,25,26,27). The van der Waals surface area contributed by atoms with Crippen LogP contribution < -0.4 is 15.2 Å². The third kappa shape index (κ3) is 7.26. The Hall–Kier alpha value is -2.99. The predicted octanol–water partition coefficient (Wildman–Crippen LogP) is 2.89. The summed E-state index contributed by atoms with van der Waals surface area (Å²) in [5, 5.41) is 7.94. The molecule has 1 aromatic carbocycles. The van der Waals surface area contributed by atoms with E-state index in [1.165, 1.54) is 18.5 Å². The minimum Gasteiger partial charge on any atom is -0.474 e. The molecule has 0 spiro atoms. The van der Waals surface area contributed by atoms with E-state index in [0.29, 0.717) is 48.8 Å². The summed E-state index contributed by atoms with van der Waals surface area (Å²) in [5.74, 6) is -0.0407. The Morgan fingerprint density at radius 2 is 2.00 bits per heavy atom. The van der Waals surface area contributed by atoms with Crippen molar-refractivity contribution in [3.63, 3.8) is 0 Å². The number of benzene rings is 1. The number of ether oxygens (including phenoxy) is 2. The van der Waals surface area contributed by atoms with E-state index in [1.807, 2.05) is 13.8 Å². The highest BCUT2D eigenvalue weighted by molar-refractivity contribution is 7.89. The van der Waals surface area contributed by atoms with Crippen molar-refractivity contribution in [3.8, 4) is 5.88 Å². The van der Waals surface area contributed by atoms with Crippen LogP contribution >= 0.6 is 0 Å². The van der Waals surface area contributed by atoms with Crippen LogP contribution in [-0.2, 0) is 21.2 Å². The lowest BCUT2D eigenvalue weighted by Crippen LogP contribution is -2.42. The van der Waals surface area contributed by atoms with Crippen molar-refractivity contribution in [1.29, 1.82) is 0 Å². The molecule has 1 amide bonds. The number of nitrogens with one attached hydrogen (secondary N) is 1. The zero-order valence-electron chi connectivity index (χ0n) is 19.5. The highest BCUT2D eigenvalue weighted by atomic mass is 32.2.